The van der Waals surface area contributed by atoms with Gasteiger partial charge in [0.15, 0.2) is 0 Å². The van der Waals surface area contributed by atoms with Crippen LogP contribution in [0.2, 0.25) is 0 Å². The van der Waals surface area contributed by atoms with Crippen molar-refractivity contribution in [3.05, 3.63) is 0 Å². The highest BCUT2D eigenvalue weighted by Crippen LogP contribution is 2.38. The van der Waals surface area contributed by atoms with Crippen molar-refractivity contribution in [1.82, 2.24) is 0 Å². The molecule has 260 valence electrons. The molecule has 2 atom stereocenters. The quantitative estimate of drug-likeness (QED) is 0.0243. The molecule has 9 heteroatoms. The monoisotopic (exact) mass is 638 g/mol. The molecule has 0 aliphatic rings. The number of nitrogens with zero attached hydrogens (tertiary/aromatic N) is 1. The van der Waals surface area contributed by atoms with Crippen LogP contribution in [-0.4, -0.2) is 70.0 Å². The van der Waals surface area contributed by atoms with Crippen LogP contribution in [0.1, 0.15) is 161 Å². The van der Waals surface area contributed by atoms with Gasteiger partial charge in [0, 0.05) is 6.61 Å². The van der Waals surface area contributed by atoms with Crippen molar-refractivity contribution in [3.63, 3.8) is 0 Å². The molecule has 0 spiro atoms. The lowest BCUT2D eigenvalue weighted by atomic mass is 10.0. The Morgan fingerprint density at radius 3 is 1.30 bits per heavy atom. The van der Waals surface area contributed by atoms with Gasteiger partial charge in [0.25, 0.3) is 7.82 Å². The molecular formula is C34H72NO7P. The third-order valence-electron chi connectivity index (χ3n) is 8.03. The maximum absolute atomic E-state index is 11.8. The van der Waals surface area contributed by atoms with Crippen molar-refractivity contribution >= 4 is 7.82 Å². The summed E-state index contributed by atoms with van der Waals surface area (Å²) >= 11 is 0. The van der Waals surface area contributed by atoms with Crippen LogP contribution in [0.4, 0.5) is 0 Å². The van der Waals surface area contributed by atoms with Gasteiger partial charge < -0.3 is 23.2 Å². The van der Waals surface area contributed by atoms with E-state index in [0.717, 1.165) is 12.8 Å². The van der Waals surface area contributed by atoms with E-state index in [9.17, 15) is 9.46 Å². The summed E-state index contributed by atoms with van der Waals surface area (Å²) in [6.45, 7) is 3.11. The lowest BCUT2D eigenvalue weighted by molar-refractivity contribution is -0.870. The highest BCUT2D eigenvalue weighted by molar-refractivity contribution is 7.45. The van der Waals surface area contributed by atoms with E-state index in [2.05, 4.69) is 11.8 Å². The number of phosphoric acid groups is 1. The highest BCUT2D eigenvalue weighted by atomic mass is 31.2. The van der Waals surface area contributed by atoms with Gasteiger partial charge in [-0.15, -0.1) is 0 Å². The number of hydrogen-bond donors (Lipinski definition) is 1. The van der Waals surface area contributed by atoms with Gasteiger partial charge in [-0.2, -0.15) is 0 Å². The molecule has 0 aromatic rings. The molecule has 0 saturated carbocycles. The molecule has 0 amide bonds. The van der Waals surface area contributed by atoms with Crippen molar-refractivity contribution in [1.29, 1.82) is 0 Å². The number of quaternary nitrogens is 1. The average molecular weight is 638 g/mol. The van der Waals surface area contributed by atoms with Gasteiger partial charge in [0.05, 0.1) is 34.4 Å². The van der Waals surface area contributed by atoms with E-state index in [-0.39, 0.29) is 19.8 Å². The fourth-order valence-corrected chi connectivity index (χ4v) is 5.86. The minimum Gasteiger partial charge on any atom is -0.756 e. The molecule has 0 aromatic heterocycles. The maximum Gasteiger partial charge on any atom is 0.268 e. The van der Waals surface area contributed by atoms with Crippen LogP contribution < -0.4 is 4.89 Å². The summed E-state index contributed by atoms with van der Waals surface area (Å²) in [5, 5.41) is 9.00. The maximum atomic E-state index is 11.8. The third-order valence-corrected chi connectivity index (χ3v) is 8.99. The lowest BCUT2D eigenvalue weighted by Crippen LogP contribution is -2.37. The second-order valence-corrected chi connectivity index (χ2v) is 14.9. The fourth-order valence-electron chi connectivity index (χ4n) is 5.13. The summed E-state index contributed by atoms with van der Waals surface area (Å²) in [4.78, 5) is 16.1. The Morgan fingerprint density at radius 1 is 0.581 bits per heavy atom. The van der Waals surface area contributed by atoms with E-state index in [1.807, 2.05) is 21.1 Å². The van der Waals surface area contributed by atoms with Crippen LogP contribution in [0.15, 0.2) is 0 Å². The van der Waals surface area contributed by atoms with Crippen molar-refractivity contribution in [3.8, 4) is 0 Å². The topological polar surface area (TPSA) is 97.3 Å². The molecule has 0 aliphatic heterocycles. The zero-order valence-electron chi connectivity index (χ0n) is 28.9. The first-order valence-electron chi connectivity index (χ1n) is 18.0. The molecule has 0 aliphatic carbocycles. The van der Waals surface area contributed by atoms with Crippen LogP contribution in [-0.2, 0) is 23.2 Å². The molecule has 0 rings (SSSR count). The molecule has 43 heavy (non-hydrogen) atoms. The van der Waals surface area contributed by atoms with Gasteiger partial charge in [0.1, 0.15) is 19.3 Å². The second-order valence-electron chi connectivity index (χ2n) is 13.5. The molecule has 1 N–H and O–H groups in total. The highest BCUT2D eigenvalue weighted by Gasteiger charge is 2.17. The molecule has 0 heterocycles. The minimum atomic E-state index is -4.44. The molecule has 0 aromatic carbocycles. The Hall–Kier alpha value is -0.0500. The molecule has 0 bridgehead atoms. The standard InChI is InChI=1S/C34H72NO7P/c1-5-6-7-8-9-10-11-12-13-14-15-16-17-18-19-20-21-22-23-24-25-26-27-28-30-39-32-34(42-36)33-41-43(37,38)40-31-29-35(2,3)4/h34H,5-33H2,1-4H3,(H-,36,37,38)/t34-/m1/s1. The number of unbranched alkanes of at least 4 members (excludes halogenated alkanes) is 23. The largest absolute Gasteiger partial charge is 0.756 e. The summed E-state index contributed by atoms with van der Waals surface area (Å²) in [6.07, 6.45) is 31.9. The third kappa shape index (κ3) is 34.7. The number of likely N-dealkylation sites (N-methyl/N-ethyl adjacent to an activating group) is 1. The number of phosphoric ester groups is 1. The molecule has 0 saturated heterocycles. The average Bonchev–Trinajstić information content (AvgIpc) is 2.95. The SMILES string of the molecule is CCCCCCCCCCCCCCCCCCCCCCCCCCOC[C@H](COP(=O)([O-])OCC[N+](C)(C)C)OO. The van der Waals surface area contributed by atoms with Crippen molar-refractivity contribution in [2.24, 2.45) is 0 Å². The predicted molar refractivity (Wildman–Crippen MR) is 177 cm³/mol. The predicted octanol–water partition coefficient (Wildman–Crippen LogP) is 9.45. The normalized spacial score (nSPS) is 14.3. The van der Waals surface area contributed by atoms with Gasteiger partial charge in [-0.05, 0) is 6.42 Å². The van der Waals surface area contributed by atoms with Crippen molar-refractivity contribution < 1.29 is 37.9 Å². The van der Waals surface area contributed by atoms with E-state index >= 15 is 0 Å². The smallest absolute Gasteiger partial charge is 0.268 e. The lowest BCUT2D eigenvalue weighted by Gasteiger charge is -2.27. The summed E-state index contributed by atoms with van der Waals surface area (Å²) in [6, 6.07) is 0. The van der Waals surface area contributed by atoms with Gasteiger partial charge >= 0.3 is 0 Å². The first kappa shape index (κ1) is 43.0. The van der Waals surface area contributed by atoms with Crippen LogP contribution in [0.5, 0.6) is 0 Å². The fraction of sp³-hybridized carbons (Fsp3) is 1.00. The van der Waals surface area contributed by atoms with Crippen LogP contribution in [0.25, 0.3) is 0 Å². The van der Waals surface area contributed by atoms with E-state index in [4.69, 9.17) is 19.0 Å². The Bertz CT molecular complexity index is 618. The molecular weight excluding hydrogens is 565 g/mol. The molecule has 0 radical (unpaired) electrons. The summed E-state index contributed by atoms with van der Waals surface area (Å²) in [7, 11) is 1.38. The Morgan fingerprint density at radius 2 is 0.953 bits per heavy atom. The summed E-state index contributed by atoms with van der Waals surface area (Å²) in [5.74, 6) is 0. The molecule has 1 unspecified atom stereocenters. The van der Waals surface area contributed by atoms with Gasteiger partial charge in [-0.25, -0.2) is 4.89 Å². The summed E-state index contributed by atoms with van der Waals surface area (Å²) in [5.41, 5.74) is 0. The number of hydrogen-bond acceptors (Lipinski definition) is 7. The number of rotatable bonds is 35. The Labute approximate surface area is 266 Å². The summed E-state index contributed by atoms with van der Waals surface area (Å²) < 4.78 is 27.6. The van der Waals surface area contributed by atoms with Crippen LogP contribution in [0, 0.1) is 0 Å². The Kier molecular flexibility index (Phi) is 30.6. The minimum absolute atomic E-state index is 0.0327. The van der Waals surface area contributed by atoms with Gasteiger partial charge in [-0.1, -0.05) is 155 Å². The van der Waals surface area contributed by atoms with E-state index in [0.29, 0.717) is 17.6 Å². The molecule has 0 fully saturated rings. The van der Waals surface area contributed by atoms with Gasteiger partial charge in [0.2, 0.25) is 0 Å². The van der Waals surface area contributed by atoms with Crippen molar-refractivity contribution in [2.45, 2.75) is 167 Å². The molecule has 8 nitrogen and oxygen atoms in total. The van der Waals surface area contributed by atoms with Gasteiger partial charge in [-0.3, -0.25) is 9.82 Å². The zero-order valence-corrected chi connectivity index (χ0v) is 29.8. The van der Waals surface area contributed by atoms with Crippen LogP contribution >= 0.6 is 7.82 Å². The van der Waals surface area contributed by atoms with E-state index in [1.165, 1.54) is 141 Å². The second kappa shape index (κ2) is 30.6. The number of ether oxygens (including phenoxy) is 1. The van der Waals surface area contributed by atoms with Crippen molar-refractivity contribution in [2.75, 3.05) is 54.1 Å². The van der Waals surface area contributed by atoms with E-state index < -0.39 is 13.9 Å². The first-order valence-corrected chi connectivity index (χ1v) is 19.4. The van der Waals surface area contributed by atoms with E-state index in [1.54, 1.807) is 0 Å². The first-order chi connectivity index (χ1) is 20.7. The zero-order chi connectivity index (χ0) is 31.9. The Balaban J connectivity index is 3.35. The van der Waals surface area contributed by atoms with Crippen LogP contribution in [0.3, 0.4) is 0 Å².